The monoisotopic (exact) mass is 414 g/mol. The van der Waals surface area contributed by atoms with Gasteiger partial charge in [0.1, 0.15) is 12.2 Å². The number of ether oxygens (including phenoxy) is 1. The molecule has 2 aromatic carbocycles. The van der Waals surface area contributed by atoms with Crippen LogP contribution in [0.5, 0.6) is 0 Å². The largest absolute Gasteiger partial charge is 0.368 e. The van der Waals surface area contributed by atoms with Crippen LogP contribution in [0.15, 0.2) is 48.7 Å². The molecule has 7 nitrogen and oxygen atoms in total. The molecule has 31 heavy (non-hydrogen) atoms. The summed E-state index contributed by atoms with van der Waals surface area (Å²) in [5.74, 6) is 0.0213. The van der Waals surface area contributed by atoms with Crippen LogP contribution in [0.3, 0.4) is 0 Å². The fourth-order valence-corrected chi connectivity index (χ4v) is 4.14. The number of nitrogens with zero attached hydrogens (tertiary/aromatic N) is 3. The van der Waals surface area contributed by atoms with Crippen molar-refractivity contribution in [1.82, 2.24) is 14.8 Å². The minimum absolute atomic E-state index is 0.0219. The van der Waals surface area contributed by atoms with Gasteiger partial charge in [-0.3, -0.25) is 9.59 Å². The van der Waals surface area contributed by atoms with Crippen molar-refractivity contribution in [3.05, 3.63) is 59.8 Å². The topological polar surface area (TPSA) is 89.4 Å². The summed E-state index contributed by atoms with van der Waals surface area (Å²) >= 11 is 0. The van der Waals surface area contributed by atoms with E-state index in [-0.39, 0.29) is 17.9 Å². The zero-order valence-electron chi connectivity index (χ0n) is 17.0. The first kappa shape index (κ1) is 19.3. The smallest absolute Gasteiger partial charge is 0.253 e. The average Bonchev–Trinajstić information content (AvgIpc) is 3.20. The zero-order chi connectivity index (χ0) is 21.4. The Hall–Kier alpha value is -3.63. The third kappa shape index (κ3) is 3.56. The van der Waals surface area contributed by atoms with Gasteiger partial charge in [0.05, 0.1) is 12.2 Å². The SMILES string of the molecule is N#Cc1c[nH]c2ccc(-c3ccc(C(=O)N4CCN(C(=O)C5CCO5)CC4)cc3)cc12. The molecule has 1 unspecified atom stereocenters. The van der Waals surface area contributed by atoms with Crippen LogP contribution in [0.1, 0.15) is 22.3 Å². The number of carbonyl (C=O) groups excluding carboxylic acids is 2. The quantitative estimate of drug-likeness (QED) is 0.714. The Labute approximate surface area is 179 Å². The minimum Gasteiger partial charge on any atom is -0.368 e. The Morgan fingerprint density at radius 3 is 2.32 bits per heavy atom. The van der Waals surface area contributed by atoms with E-state index >= 15 is 0 Å². The Kier molecular flexibility index (Phi) is 4.92. The maximum Gasteiger partial charge on any atom is 0.253 e. The number of nitriles is 1. The van der Waals surface area contributed by atoms with E-state index in [1.54, 1.807) is 16.0 Å². The molecule has 1 N–H and O–H groups in total. The predicted octanol–water partition coefficient (Wildman–Crippen LogP) is 2.78. The van der Waals surface area contributed by atoms with Crippen molar-refractivity contribution >= 4 is 22.7 Å². The van der Waals surface area contributed by atoms with Crippen LogP contribution < -0.4 is 0 Å². The van der Waals surface area contributed by atoms with Gasteiger partial charge in [-0.25, -0.2) is 0 Å². The minimum atomic E-state index is -0.287. The van der Waals surface area contributed by atoms with E-state index in [0.29, 0.717) is 43.9 Å². The number of aromatic nitrogens is 1. The molecule has 5 rings (SSSR count). The molecular formula is C24H22N4O3. The van der Waals surface area contributed by atoms with Crippen LogP contribution in [0, 0.1) is 11.3 Å². The average molecular weight is 414 g/mol. The molecule has 2 aliphatic heterocycles. The first-order valence-electron chi connectivity index (χ1n) is 10.5. The maximum atomic E-state index is 12.9. The number of rotatable bonds is 3. The van der Waals surface area contributed by atoms with Crippen LogP contribution >= 0.6 is 0 Å². The number of H-pyrrole nitrogens is 1. The molecule has 0 radical (unpaired) electrons. The molecule has 3 aromatic rings. The van der Waals surface area contributed by atoms with E-state index in [1.165, 1.54) is 0 Å². The number of piperazine rings is 1. The van der Waals surface area contributed by atoms with Gasteiger partial charge in [-0.2, -0.15) is 5.26 Å². The number of carbonyl (C=O) groups is 2. The van der Waals surface area contributed by atoms with Gasteiger partial charge >= 0.3 is 0 Å². The lowest BCUT2D eigenvalue weighted by Gasteiger charge is -2.38. The lowest BCUT2D eigenvalue weighted by atomic mass is 10.0. The number of nitrogens with one attached hydrogen (secondary N) is 1. The van der Waals surface area contributed by atoms with Gasteiger partial charge in [-0.05, 0) is 35.4 Å². The summed E-state index contributed by atoms with van der Waals surface area (Å²) < 4.78 is 5.28. The molecular weight excluding hydrogens is 392 g/mol. The van der Waals surface area contributed by atoms with Gasteiger partial charge in [0.15, 0.2) is 0 Å². The Morgan fingerprint density at radius 1 is 1.00 bits per heavy atom. The number of amides is 2. The molecule has 156 valence electrons. The molecule has 0 saturated carbocycles. The van der Waals surface area contributed by atoms with Crippen LogP contribution in [-0.4, -0.2) is 65.5 Å². The highest BCUT2D eigenvalue weighted by Gasteiger charge is 2.33. The number of hydrogen-bond donors (Lipinski definition) is 1. The second-order valence-corrected chi connectivity index (χ2v) is 7.92. The molecule has 0 spiro atoms. The van der Waals surface area contributed by atoms with E-state index in [0.717, 1.165) is 28.5 Å². The second kappa shape index (κ2) is 7.89. The molecule has 0 aliphatic carbocycles. The summed E-state index contributed by atoms with van der Waals surface area (Å²) in [6.07, 6.45) is 2.21. The molecule has 3 heterocycles. The summed E-state index contributed by atoms with van der Waals surface area (Å²) in [5, 5.41) is 10.1. The summed E-state index contributed by atoms with van der Waals surface area (Å²) in [6, 6.07) is 15.7. The molecule has 0 bridgehead atoms. The molecule has 1 atom stereocenters. The van der Waals surface area contributed by atoms with Crippen molar-refractivity contribution in [3.63, 3.8) is 0 Å². The highest BCUT2D eigenvalue weighted by atomic mass is 16.5. The third-order valence-corrected chi connectivity index (χ3v) is 6.12. The van der Waals surface area contributed by atoms with Gasteiger partial charge in [-0.15, -0.1) is 0 Å². The lowest BCUT2D eigenvalue weighted by Crippen LogP contribution is -2.54. The van der Waals surface area contributed by atoms with Crippen molar-refractivity contribution < 1.29 is 14.3 Å². The van der Waals surface area contributed by atoms with Crippen molar-refractivity contribution in [2.24, 2.45) is 0 Å². The fourth-order valence-electron chi connectivity index (χ4n) is 4.14. The summed E-state index contributed by atoms with van der Waals surface area (Å²) in [6.45, 7) is 2.80. The molecule has 1 aromatic heterocycles. The fraction of sp³-hybridized carbons (Fsp3) is 0.292. The van der Waals surface area contributed by atoms with E-state index in [9.17, 15) is 14.9 Å². The predicted molar refractivity (Wildman–Crippen MR) is 115 cm³/mol. The summed E-state index contributed by atoms with van der Waals surface area (Å²) in [5.41, 5.74) is 4.15. The molecule has 2 aliphatic rings. The molecule has 7 heteroatoms. The normalized spacial score (nSPS) is 18.5. The Bertz CT molecular complexity index is 1180. The van der Waals surface area contributed by atoms with Crippen LogP contribution in [0.2, 0.25) is 0 Å². The number of fused-ring (bicyclic) bond motifs is 1. The van der Waals surface area contributed by atoms with Crippen molar-refractivity contribution in [1.29, 1.82) is 5.26 Å². The number of aromatic amines is 1. The van der Waals surface area contributed by atoms with E-state index in [1.807, 2.05) is 42.5 Å². The third-order valence-electron chi connectivity index (χ3n) is 6.12. The molecule has 2 fully saturated rings. The van der Waals surface area contributed by atoms with Gasteiger partial charge in [0, 0.05) is 55.3 Å². The summed E-state index contributed by atoms with van der Waals surface area (Å²) in [4.78, 5) is 31.9. The number of hydrogen-bond acceptors (Lipinski definition) is 4. The standard InChI is InChI=1S/C24H22N4O3/c25-14-19-15-26-21-6-5-18(13-20(19)21)16-1-3-17(4-2-16)23(29)27-8-10-28(11-9-27)24(30)22-7-12-31-22/h1-6,13,15,22,26H,7-12H2. The number of benzene rings is 2. The Balaban J connectivity index is 1.26. The molecule has 2 saturated heterocycles. The van der Waals surface area contributed by atoms with Crippen LogP contribution in [0.4, 0.5) is 0 Å². The van der Waals surface area contributed by atoms with Crippen LogP contribution in [-0.2, 0) is 9.53 Å². The first-order chi connectivity index (χ1) is 15.1. The van der Waals surface area contributed by atoms with Gasteiger partial charge in [-0.1, -0.05) is 18.2 Å². The Morgan fingerprint density at radius 2 is 1.68 bits per heavy atom. The van der Waals surface area contributed by atoms with E-state index in [2.05, 4.69) is 11.1 Å². The highest BCUT2D eigenvalue weighted by molar-refractivity contribution is 5.95. The zero-order valence-corrected chi connectivity index (χ0v) is 17.0. The maximum absolute atomic E-state index is 12.9. The van der Waals surface area contributed by atoms with Crippen molar-refractivity contribution in [3.8, 4) is 17.2 Å². The first-order valence-corrected chi connectivity index (χ1v) is 10.5. The van der Waals surface area contributed by atoms with Crippen LogP contribution in [0.25, 0.3) is 22.0 Å². The van der Waals surface area contributed by atoms with Gasteiger partial charge < -0.3 is 19.5 Å². The van der Waals surface area contributed by atoms with Gasteiger partial charge in [0.25, 0.3) is 11.8 Å². The van der Waals surface area contributed by atoms with E-state index in [4.69, 9.17) is 4.74 Å². The lowest BCUT2D eigenvalue weighted by molar-refractivity contribution is -0.157. The summed E-state index contributed by atoms with van der Waals surface area (Å²) in [7, 11) is 0. The second-order valence-electron chi connectivity index (χ2n) is 7.92. The highest BCUT2D eigenvalue weighted by Crippen LogP contribution is 2.27. The van der Waals surface area contributed by atoms with Crippen molar-refractivity contribution in [2.45, 2.75) is 12.5 Å². The molecule has 2 amide bonds. The van der Waals surface area contributed by atoms with Crippen molar-refractivity contribution in [2.75, 3.05) is 32.8 Å². The van der Waals surface area contributed by atoms with E-state index < -0.39 is 0 Å². The van der Waals surface area contributed by atoms with Gasteiger partial charge in [0.2, 0.25) is 0 Å².